The first-order valence-electron chi connectivity index (χ1n) is 6.22. The molecule has 0 aliphatic heterocycles. The number of hydrogen-bond acceptors (Lipinski definition) is 6. The van der Waals surface area contributed by atoms with Crippen molar-refractivity contribution in [3.8, 4) is 0 Å². The second-order valence-corrected chi connectivity index (χ2v) is 4.45. The van der Waals surface area contributed by atoms with Crippen molar-refractivity contribution in [1.29, 1.82) is 0 Å². The Morgan fingerprint density at radius 2 is 2.37 bits per heavy atom. The molecule has 104 valence electrons. The molecular weight excluding hydrogens is 252 g/mol. The summed E-state index contributed by atoms with van der Waals surface area (Å²) >= 11 is 0. The summed E-state index contributed by atoms with van der Waals surface area (Å²) in [7, 11) is 0. The van der Waals surface area contributed by atoms with Crippen molar-refractivity contribution >= 4 is 18.0 Å². The zero-order valence-corrected chi connectivity index (χ0v) is 10.6. The number of anilines is 1. The van der Waals surface area contributed by atoms with Gasteiger partial charge in [-0.1, -0.05) is 0 Å². The average Bonchev–Trinajstić information content (AvgIpc) is 2.99. The van der Waals surface area contributed by atoms with E-state index in [-0.39, 0.29) is 30.3 Å². The lowest BCUT2D eigenvalue weighted by Gasteiger charge is -2.09. The van der Waals surface area contributed by atoms with Crippen LogP contribution in [0.4, 0.5) is 6.01 Å². The Kier molecular flexibility index (Phi) is 4.03. The summed E-state index contributed by atoms with van der Waals surface area (Å²) in [4.78, 5) is 26.2. The largest absolute Gasteiger partial charge is 0.481 e. The molecule has 2 atom stereocenters. The van der Waals surface area contributed by atoms with Gasteiger partial charge in [-0.15, -0.1) is 0 Å². The smallest absolute Gasteiger partial charge is 0.360 e. The van der Waals surface area contributed by atoms with Crippen LogP contribution in [-0.2, 0) is 9.53 Å². The van der Waals surface area contributed by atoms with Crippen molar-refractivity contribution in [1.82, 2.24) is 4.98 Å². The number of hydrogen-bond donors (Lipinski definition) is 2. The second kappa shape index (κ2) is 5.73. The van der Waals surface area contributed by atoms with Gasteiger partial charge in [0.15, 0.2) is 5.69 Å². The molecule has 1 aromatic rings. The quantitative estimate of drug-likeness (QED) is 0.780. The molecule has 1 saturated carbocycles. The van der Waals surface area contributed by atoms with E-state index in [1.807, 2.05) is 0 Å². The first-order chi connectivity index (χ1) is 9.10. The maximum Gasteiger partial charge on any atom is 0.360 e. The normalized spacial score (nSPS) is 22.2. The van der Waals surface area contributed by atoms with E-state index in [0.717, 1.165) is 6.42 Å². The zero-order valence-electron chi connectivity index (χ0n) is 10.6. The first-order valence-corrected chi connectivity index (χ1v) is 6.22. The Bertz CT molecular complexity index is 470. The predicted octanol–water partition coefficient (Wildman–Crippen LogP) is 1.52. The lowest BCUT2D eigenvalue weighted by Crippen LogP contribution is -2.18. The number of oxazole rings is 1. The maximum atomic E-state index is 11.4. The molecule has 0 amide bonds. The van der Waals surface area contributed by atoms with Gasteiger partial charge in [-0.05, 0) is 26.2 Å². The molecule has 1 fully saturated rings. The number of carboxylic acids is 1. The highest BCUT2D eigenvalue weighted by atomic mass is 16.5. The van der Waals surface area contributed by atoms with Crippen molar-refractivity contribution in [2.24, 2.45) is 5.92 Å². The summed E-state index contributed by atoms with van der Waals surface area (Å²) in [5.41, 5.74) is 0.108. The van der Waals surface area contributed by atoms with Crippen molar-refractivity contribution in [3.05, 3.63) is 12.0 Å². The number of rotatable bonds is 5. The van der Waals surface area contributed by atoms with E-state index >= 15 is 0 Å². The molecule has 7 nitrogen and oxygen atoms in total. The molecular formula is C12H16N2O5. The number of aliphatic carboxylic acids is 1. The van der Waals surface area contributed by atoms with Crippen LogP contribution in [0.3, 0.4) is 0 Å². The Labute approximate surface area is 110 Å². The van der Waals surface area contributed by atoms with E-state index in [0.29, 0.717) is 12.8 Å². The Balaban J connectivity index is 1.90. The summed E-state index contributed by atoms with van der Waals surface area (Å²) in [6, 6.07) is 0.230. The van der Waals surface area contributed by atoms with E-state index in [9.17, 15) is 9.59 Å². The summed E-state index contributed by atoms with van der Waals surface area (Å²) < 4.78 is 9.91. The Morgan fingerprint density at radius 3 is 3.00 bits per heavy atom. The molecule has 2 N–H and O–H groups in total. The number of nitrogens with one attached hydrogen (secondary N) is 1. The van der Waals surface area contributed by atoms with Crippen LogP contribution in [0.25, 0.3) is 0 Å². The molecule has 1 aromatic heterocycles. The van der Waals surface area contributed by atoms with Gasteiger partial charge in [-0.3, -0.25) is 4.79 Å². The molecule has 0 spiro atoms. The Hall–Kier alpha value is -2.05. The SMILES string of the molecule is CCOC(=O)c1coc(NC2CCC(C(=O)O)C2)n1. The van der Waals surface area contributed by atoms with E-state index in [4.69, 9.17) is 14.3 Å². The van der Waals surface area contributed by atoms with Crippen molar-refractivity contribution in [2.75, 3.05) is 11.9 Å². The monoisotopic (exact) mass is 268 g/mol. The fraction of sp³-hybridized carbons (Fsp3) is 0.583. The number of carbonyl (C=O) groups is 2. The van der Waals surface area contributed by atoms with Crippen molar-refractivity contribution < 1.29 is 23.8 Å². The highest BCUT2D eigenvalue weighted by Gasteiger charge is 2.30. The summed E-state index contributed by atoms with van der Waals surface area (Å²) in [5.74, 6) is -1.63. The van der Waals surface area contributed by atoms with Crippen LogP contribution in [0.5, 0.6) is 0 Å². The summed E-state index contributed by atoms with van der Waals surface area (Å²) in [6.45, 7) is 1.99. The van der Waals surface area contributed by atoms with Crippen molar-refractivity contribution in [3.63, 3.8) is 0 Å². The fourth-order valence-electron chi connectivity index (χ4n) is 2.15. The van der Waals surface area contributed by atoms with Crippen LogP contribution in [0.1, 0.15) is 36.7 Å². The molecule has 0 saturated heterocycles. The first kappa shape index (κ1) is 13.4. The average molecular weight is 268 g/mol. The minimum Gasteiger partial charge on any atom is -0.481 e. The van der Waals surface area contributed by atoms with Gasteiger partial charge in [0.1, 0.15) is 6.26 Å². The number of carboxylic acid groups (broad SMARTS) is 1. The molecule has 1 heterocycles. The van der Waals surface area contributed by atoms with Gasteiger partial charge in [0.2, 0.25) is 0 Å². The van der Waals surface area contributed by atoms with Crippen LogP contribution in [0.15, 0.2) is 10.7 Å². The topological polar surface area (TPSA) is 102 Å². The minimum absolute atomic E-state index is 0.00907. The van der Waals surface area contributed by atoms with Crippen molar-refractivity contribution in [2.45, 2.75) is 32.2 Å². The van der Waals surface area contributed by atoms with E-state index in [1.54, 1.807) is 6.92 Å². The molecule has 19 heavy (non-hydrogen) atoms. The van der Waals surface area contributed by atoms with E-state index in [2.05, 4.69) is 10.3 Å². The Morgan fingerprint density at radius 1 is 1.58 bits per heavy atom. The van der Waals surface area contributed by atoms with Gasteiger partial charge < -0.3 is 19.6 Å². The van der Waals surface area contributed by atoms with Gasteiger partial charge in [-0.2, -0.15) is 4.98 Å². The summed E-state index contributed by atoms with van der Waals surface area (Å²) in [5, 5.41) is 11.9. The van der Waals surface area contributed by atoms with Gasteiger partial charge in [0, 0.05) is 6.04 Å². The number of nitrogens with zero attached hydrogens (tertiary/aromatic N) is 1. The molecule has 2 unspecified atom stereocenters. The van der Waals surface area contributed by atoms with Gasteiger partial charge in [0.05, 0.1) is 12.5 Å². The lowest BCUT2D eigenvalue weighted by atomic mass is 10.1. The van der Waals surface area contributed by atoms with Gasteiger partial charge in [0.25, 0.3) is 6.01 Å². The highest BCUT2D eigenvalue weighted by molar-refractivity contribution is 5.87. The number of esters is 1. The highest BCUT2D eigenvalue weighted by Crippen LogP contribution is 2.28. The maximum absolute atomic E-state index is 11.4. The molecule has 0 bridgehead atoms. The second-order valence-electron chi connectivity index (χ2n) is 4.45. The molecule has 0 radical (unpaired) electrons. The van der Waals surface area contributed by atoms with Crippen LogP contribution in [0.2, 0.25) is 0 Å². The molecule has 1 aliphatic carbocycles. The third-order valence-corrected chi connectivity index (χ3v) is 3.10. The predicted molar refractivity (Wildman–Crippen MR) is 64.8 cm³/mol. The molecule has 2 rings (SSSR count). The van der Waals surface area contributed by atoms with E-state index < -0.39 is 11.9 Å². The van der Waals surface area contributed by atoms with Crippen LogP contribution >= 0.6 is 0 Å². The van der Waals surface area contributed by atoms with Gasteiger partial charge >= 0.3 is 11.9 Å². The fourth-order valence-corrected chi connectivity index (χ4v) is 2.15. The third-order valence-electron chi connectivity index (χ3n) is 3.10. The van der Waals surface area contributed by atoms with Crippen LogP contribution < -0.4 is 5.32 Å². The third kappa shape index (κ3) is 3.24. The van der Waals surface area contributed by atoms with Crippen LogP contribution in [0, 0.1) is 5.92 Å². The lowest BCUT2D eigenvalue weighted by molar-refractivity contribution is -0.141. The number of ether oxygens (including phenoxy) is 1. The summed E-state index contributed by atoms with van der Waals surface area (Å²) in [6.07, 6.45) is 3.14. The molecule has 0 aromatic carbocycles. The van der Waals surface area contributed by atoms with Crippen LogP contribution in [-0.4, -0.2) is 34.7 Å². The molecule has 1 aliphatic rings. The minimum atomic E-state index is -0.774. The van der Waals surface area contributed by atoms with Gasteiger partial charge in [-0.25, -0.2) is 4.79 Å². The van der Waals surface area contributed by atoms with E-state index in [1.165, 1.54) is 6.26 Å². The standard InChI is InChI=1S/C12H16N2O5/c1-2-18-11(17)9-6-19-12(14-9)13-8-4-3-7(5-8)10(15)16/h6-8H,2-5H2,1H3,(H,13,14)(H,15,16). The number of carbonyl (C=O) groups excluding carboxylic acids is 1. The zero-order chi connectivity index (χ0) is 13.8. The number of aromatic nitrogens is 1. The molecule has 7 heteroatoms.